The van der Waals surface area contributed by atoms with Gasteiger partial charge >= 0.3 is 0 Å². The summed E-state index contributed by atoms with van der Waals surface area (Å²) < 4.78 is 5.52. The number of ether oxygens (including phenoxy) is 1. The van der Waals surface area contributed by atoms with Crippen molar-refractivity contribution in [1.29, 1.82) is 0 Å². The van der Waals surface area contributed by atoms with Gasteiger partial charge in [0.25, 0.3) is 0 Å². The smallest absolute Gasteiger partial charge is 0.0589 e. The molecule has 0 saturated carbocycles. The summed E-state index contributed by atoms with van der Waals surface area (Å²) in [5.74, 6) is 0. The maximum Gasteiger partial charge on any atom is 0.0589 e. The Morgan fingerprint density at radius 1 is 1.14 bits per heavy atom. The van der Waals surface area contributed by atoms with E-state index >= 15 is 0 Å². The summed E-state index contributed by atoms with van der Waals surface area (Å²) in [4.78, 5) is 2.50. The lowest BCUT2D eigenvalue weighted by atomic mass is 9.93. The molecule has 2 heteroatoms. The van der Waals surface area contributed by atoms with Crippen LogP contribution in [0.5, 0.6) is 0 Å². The SMILES string of the molecule is COC1CCC(C)(C)N(C)C(C)(C)C1. The van der Waals surface area contributed by atoms with E-state index in [4.69, 9.17) is 4.74 Å². The highest BCUT2D eigenvalue weighted by atomic mass is 16.5. The molecule has 1 rings (SSSR count). The van der Waals surface area contributed by atoms with Crippen molar-refractivity contribution in [2.45, 2.75) is 64.1 Å². The van der Waals surface area contributed by atoms with Gasteiger partial charge in [0.15, 0.2) is 0 Å². The summed E-state index contributed by atoms with van der Waals surface area (Å²) in [6, 6.07) is 0. The van der Waals surface area contributed by atoms with Crippen LogP contribution in [0.3, 0.4) is 0 Å². The van der Waals surface area contributed by atoms with Crippen LogP contribution in [0.25, 0.3) is 0 Å². The van der Waals surface area contributed by atoms with Crippen LogP contribution in [0.1, 0.15) is 47.0 Å². The van der Waals surface area contributed by atoms with Crippen molar-refractivity contribution >= 4 is 0 Å². The lowest BCUT2D eigenvalue weighted by Crippen LogP contribution is -2.52. The molecule has 0 radical (unpaired) electrons. The molecular formula is C12H25NO. The Kier molecular flexibility index (Phi) is 3.27. The third-order valence-corrected chi connectivity index (χ3v) is 3.95. The number of likely N-dealkylation sites (tertiary alicyclic amines) is 1. The fraction of sp³-hybridized carbons (Fsp3) is 1.00. The van der Waals surface area contributed by atoms with Crippen molar-refractivity contribution in [3.05, 3.63) is 0 Å². The molecule has 0 amide bonds. The summed E-state index contributed by atoms with van der Waals surface area (Å²) in [6.45, 7) is 9.28. The van der Waals surface area contributed by atoms with Gasteiger partial charge in [0, 0.05) is 18.2 Å². The van der Waals surface area contributed by atoms with E-state index in [1.807, 2.05) is 7.11 Å². The van der Waals surface area contributed by atoms with Crippen LogP contribution in [-0.4, -0.2) is 36.2 Å². The third-order valence-electron chi connectivity index (χ3n) is 3.95. The molecule has 1 aliphatic heterocycles. The Bertz CT molecular complexity index is 198. The highest BCUT2D eigenvalue weighted by Gasteiger charge is 2.39. The van der Waals surface area contributed by atoms with E-state index in [2.05, 4.69) is 39.6 Å². The zero-order chi connectivity index (χ0) is 11.0. The minimum Gasteiger partial charge on any atom is -0.381 e. The fourth-order valence-corrected chi connectivity index (χ4v) is 2.50. The molecule has 0 bridgehead atoms. The van der Waals surface area contributed by atoms with E-state index in [0.29, 0.717) is 6.10 Å². The second-order valence-electron chi connectivity index (χ2n) is 5.78. The van der Waals surface area contributed by atoms with Gasteiger partial charge < -0.3 is 4.74 Å². The van der Waals surface area contributed by atoms with Crippen molar-refractivity contribution in [3.63, 3.8) is 0 Å². The van der Waals surface area contributed by atoms with Crippen LogP contribution < -0.4 is 0 Å². The minimum atomic E-state index is 0.237. The molecular weight excluding hydrogens is 174 g/mol. The van der Waals surface area contributed by atoms with E-state index < -0.39 is 0 Å². The molecule has 2 nitrogen and oxygen atoms in total. The first-order valence-electron chi connectivity index (χ1n) is 5.56. The van der Waals surface area contributed by atoms with Crippen LogP contribution in [0, 0.1) is 0 Å². The van der Waals surface area contributed by atoms with E-state index in [9.17, 15) is 0 Å². The minimum absolute atomic E-state index is 0.237. The van der Waals surface area contributed by atoms with Crippen LogP contribution >= 0.6 is 0 Å². The monoisotopic (exact) mass is 199 g/mol. The Hall–Kier alpha value is -0.0800. The molecule has 0 aromatic rings. The van der Waals surface area contributed by atoms with Crippen molar-refractivity contribution in [1.82, 2.24) is 4.90 Å². The molecule has 1 atom stereocenters. The molecule has 0 N–H and O–H groups in total. The average Bonchev–Trinajstić information content (AvgIpc) is 2.16. The Morgan fingerprint density at radius 3 is 2.21 bits per heavy atom. The molecule has 1 saturated heterocycles. The van der Waals surface area contributed by atoms with Gasteiger partial charge in [0.05, 0.1) is 6.10 Å². The number of rotatable bonds is 1. The van der Waals surface area contributed by atoms with Gasteiger partial charge in [-0.15, -0.1) is 0 Å². The van der Waals surface area contributed by atoms with Gasteiger partial charge in [0.1, 0.15) is 0 Å². The lowest BCUT2D eigenvalue weighted by molar-refractivity contribution is 0.0267. The standard InChI is InChI=1S/C12H25NO/c1-11(2)8-7-10(14-6)9-12(3,4)13(11)5/h10H,7-9H2,1-6H3. The lowest BCUT2D eigenvalue weighted by Gasteiger charge is -2.44. The second kappa shape index (κ2) is 3.82. The van der Waals surface area contributed by atoms with Crippen LogP contribution in [-0.2, 0) is 4.74 Å². The van der Waals surface area contributed by atoms with E-state index in [0.717, 1.165) is 6.42 Å². The average molecular weight is 199 g/mol. The summed E-state index contributed by atoms with van der Waals surface area (Å²) >= 11 is 0. The molecule has 0 aromatic carbocycles. The van der Waals surface area contributed by atoms with Crippen LogP contribution in [0.15, 0.2) is 0 Å². The number of hydrogen-bond donors (Lipinski definition) is 0. The normalized spacial score (nSPS) is 32.6. The maximum absolute atomic E-state index is 5.52. The van der Waals surface area contributed by atoms with Gasteiger partial charge in [0.2, 0.25) is 0 Å². The summed E-state index contributed by atoms with van der Waals surface area (Å²) in [5, 5.41) is 0. The predicted octanol–water partition coefficient (Wildman–Crippen LogP) is 2.67. The van der Waals surface area contributed by atoms with E-state index in [1.54, 1.807) is 0 Å². The number of hydrogen-bond acceptors (Lipinski definition) is 2. The highest BCUT2D eigenvalue weighted by molar-refractivity contribution is 4.95. The second-order valence-corrected chi connectivity index (χ2v) is 5.78. The quantitative estimate of drug-likeness (QED) is 0.644. The van der Waals surface area contributed by atoms with E-state index in [-0.39, 0.29) is 11.1 Å². The first kappa shape index (κ1) is 12.0. The zero-order valence-corrected chi connectivity index (χ0v) is 10.6. The first-order valence-corrected chi connectivity index (χ1v) is 5.56. The molecule has 14 heavy (non-hydrogen) atoms. The molecule has 1 unspecified atom stereocenters. The van der Waals surface area contributed by atoms with Crippen molar-refractivity contribution in [3.8, 4) is 0 Å². The van der Waals surface area contributed by atoms with Gasteiger partial charge in [-0.05, 0) is 54.0 Å². The topological polar surface area (TPSA) is 12.5 Å². The van der Waals surface area contributed by atoms with Crippen molar-refractivity contribution in [2.75, 3.05) is 14.2 Å². The van der Waals surface area contributed by atoms with Crippen LogP contribution in [0.4, 0.5) is 0 Å². The Morgan fingerprint density at radius 2 is 1.71 bits per heavy atom. The van der Waals surface area contributed by atoms with Gasteiger partial charge in [-0.2, -0.15) is 0 Å². The number of nitrogens with zero attached hydrogens (tertiary/aromatic N) is 1. The van der Waals surface area contributed by atoms with E-state index in [1.165, 1.54) is 12.8 Å². The maximum atomic E-state index is 5.52. The predicted molar refractivity (Wildman–Crippen MR) is 60.6 cm³/mol. The molecule has 84 valence electrons. The molecule has 1 aliphatic rings. The van der Waals surface area contributed by atoms with Gasteiger partial charge in [-0.3, -0.25) is 4.90 Å². The summed E-state index contributed by atoms with van der Waals surface area (Å²) in [5.41, 5.74) is 0.525. The molecule has 1 fully saturated rings. The first-order chi connectivity index (χ1) is 6.29. The molecule has 0 aromatic heterocycles. The van der Waals surface area contributed by atoms with Crippen LogP contribution in [0.2, 0.25) is 0 Å². The van der Waals surface area contributed by atoms with Gasteiger partial charge in [-0.1, -0.05) is 0 Å². The zero-order valence-electron chi connectivity index (χ0n) is 10.6. The largest absolute Gasteiger partial charge is 0.381 e. The number of methoxy groups -OCH3 is 1. The van der Waals surface area contributed by atoms with Crippen molar-refractivity contribution in [2.24, 2.45) is 0 Å². The summed E-state index contributed by atoms with van der Waals surface area (Å²) in [6.07, 6.45) is 3.95. The van der Waals surface area contributed by atoms with Gasteiger partial charge in [-0.25, -0.2) is 0 Å². The Labute approximate surface area is 88.6 Å². The Balaban J connectivity index is 2.85. The molecule has 0 aliphatic carbocycles. The summed E-state index contributed by atoms with van der Waals surface area (Å²) in [7, 11) is 4.07. The van der Waals surface area contributed by atoms with Crippen molar-refractivity contribution < 1.29 is 4.74 Å². The molecule has 0 spiro atoms. The highest BCUT2D eigenvalue weighted by Crippen LogP contribution is 2.35. The fourth-order valence-electron chi connectivity index (χ4n) is 2.50. The molecule has 1 heterocycles. The third kappa shape index (κ3) is 2.29.